The number of rotatable bonds is 5. The van der Waals surface area contributed by atoms with E-state index in [1.54, 1.807) is 13.8 Å². The van der Waals surface area contributed by atoms with Crippen LogP contribution in [0.25, 0.3) is 0 Å². The summed E-state index contributed by atoms with van der Waals surface area (Å²) >= 11 is 0. The average molecular weight is 290 g/mol. The molecule has 0 saturated heterocycles. The van der Waals surface area contributed by atoms with Gasteiger partial charge in [-0.2, -0.15) is 0 Å². The minimum Gasteiger partial charge on any atom is -0.396 e. The highest BCUT2D eigenvalue weighted by Crippen LogP contribution is 2.22. The number of methoxy groups -OCH3 is 1. The van der Waals surface area contributed by atoms with Gasteiger partial charge in [-0.05, 0) is 38.5 Å². The van der Waals surface area contributed by atoms with E-state index < -0.39 is 21.4 Å². The number of hydrogen-bond acceptors (Lipinski definition) is 4. The van der Waals surface area contributed by atoms with Gasteiger partial charge in [-0.3, -0.25) is 0 Å². The molecule has 7 heteroatoms. The number of nitrogen functional groups attached to an aromatic ring is 1. The van der Waals surface area contributed by atoms with E-state index in [9.17, 15) is 12.8 Å². The lowest BCUT2D eigenvalue weighted by molar-refractivity contribution is 0.141. The Morgan fingerprint density at radius 2 is 2.00 bits per heavy atom. The van der Waals surface area contributed by atoms with E-state index in [-0.39, 0.29) is 22.8 Å². The largest absolute Gasteiger partial charge is 0.396 e. The summed E-state index contributed by atoms with van der Waals surface area (Å²) in [5, 5.41) is 0. The van der Waals surface area contributed by atoms with Gasteiger partial charge in [-0.15, -0.1) is 0 Å². The van der Waals surface area contributed by atoms with Crippen molar-refractivity contribution in [3.05, 3.63) is 23.5 Å². The molecule has 0 aliphatic heterocycles. The predicted octanol–water partition coefficient (Wildman–Crippen LogP) is 1.42. The van der Waals surface area contributed by atoms with Gasteiger partial charge < -0.3 is 10.5 Å². The number of benzene rings is 1. The number of nitrogens with one attached hydrogen (secondary N) is 1. The quantitative estimate of drug-likeness (QED) is 0.804. The van der Waals surface area contributed by atoms with Crippen molar-refractivity contribution in [2.75, 3.05) is 19.5 Å². The molecular formula is C12H19FN2O3S. The van der Waals surface area contributed by atoms with Gasteiger partial charge in [-0.1, -0.05) is 0 Å². The van der Waals surface area contributed by atoms with E-state index >= 15 is 0 Å². The number of hydrogen-bond donors (Lipinski definition) is 2. The Kier molecular flexibility index (Phi) is 4.54. The van der Waals surface area contributed by atoms with E-state index in [2.05, 4.69) is 4.72 Å². The van der Waals surface area contributed by atoms with Crippen molar-refractivity contribution in [2.45, 2.75) is 31.2 Å². The van der Waals surface area contributed by atoms with Crippen molar-refractivity contribution in [3.8, 4) is 0 Å². The van der Waals surface area contributed by atoms with Crippen molar-refractivity contribution >= 4 is 15.7 Å². The van der Waals surface area contributed by atoms with Crippen LogP contribution in [0.4, 0.5) is 10.1 Å². The Morgan fingerprint density at radius 1 is 1.42 bits per heavy atom. The van der Waals surface area contributed by atoms with Crippen LogP contribution in [0, 0.1) is 12.7 Å². The second kappa shape index (κ2) is 5.44. The molecule has 1 rings (SSSR count). The molecule has 0 aliphatic carbocycles. The lowest BCUT2D eigenvalue weighted by atomic mass is 10.1. The molecule has 0 unspecified atom stereocenters. The summed E-state index contributed by atoms with van der Waals surface area (Å²) in [5.74, 6) is -0.602. The van der Waals surface area contributed by atoms with Gasteiger partial charge in [0.2, 0.25) is 10.0 Å². The van der Waals surface area contributed by atoms with Gasteiger partial charge in [-0.25, -0.2) is 17.5 Å². The maximum atomic E-state index is 13.4. The van der Waals surface area contributed by atoms with Crippen LogP contribution in [0.1, 0.15) is 19.4 Å². The van der Waals surface area contributed by atoms with Gasteiger partial charge >= 0.3 is 0 Å². The summed E-state index contributed by atoms with van der Waals surface area (Å²) in [6, 6.07) is 2.35. The zero-order valence-electron chi connectivity index (χ0n) is 11.5. The molecule has 0 aromatic heterocycles. The fraction of sp³-hybridized carbons (Fsp3) is 0.500. The monoisotopic (exact) mass is 290 g/mol. The third kappa shape index (κ3) is 3.89. The fourth-order valence-corrected chi connectivity index (χ4v) is 3.25. The molecule has 108 valence electrons. The summed E-state index contributed by atoms with van der Waals surface area (Å²) in [4.78, 5) is -0.0620. The highest BCUT2D eigenvalue weighted by Gasteiger charge is 2.27. The molecular weight excluding hydrogens is 271 g/mol. The van der Waals surface area contributed by atoms with Crippen LogP contribution in [0.3, 0.4) is 0 Å². The molecule has 1 aromatic carbocycles. The molecule has 0 radical (unpaired) electrons. The molecule has 1 aromatic rings. The van der Waals surface area contributed by atoms with Gasteiger partial charge in [0.25, 0.3) is 0 Å². The summed E-state index contributed by atoms with van der Waals surface area (Å²) in [5.41, 5.74) is 4.67. The molecule has 0 fully saturated rings. The minimum absolute atomic E-state index is 0.0620. The summed E-state index contributed by atoms with van der Waals surface area (Å²) in [6.07, 6.45) is 0. The van der Waals surface area contributed by atoms with Crippen molar-refractivity contribution in [3.63, 3.8) is 0 Å². The van der Waals surface area contributed by atoms with Crippen LogP contribution < -0.4 is 10.5 Å². The first-order valence-corrected chi connectivity index (χ1v) is 7.16. The van der Waals surface area contributed by atoms with Crippen LogP contribution in [0.2, 0.25) is 0 Å². The Balaban J connectivity index is 3.15. The number of nitrogens with two attached hydrogens (primary N) is 1. The number of anilines is 1. The van der Waals surface area contributed by atoms with Gasteiger partial charge in [0.05, 0.1) is 22.7 Å². The second-order valence-electron chi connectivity index (χ2n) is 5.07. The molecule has 0 heterocycles. The zero-order valence-corrected chi connectivity index (χ0v) is 12.3. The van der Waals surface area contributed by atoms with Crippen LogP contribution in [-0.4, -0.2) is 27.7 Å². The first kappa shape index (κ1) is 15.9. The van der Waals surface area contributed by atoms with Crippen molar-refractivity contribution in [2.24, 2.45) is 0 Å². The second-order valence-corrected chi connectivity index (χ2v) is 6.75. The normalized spacial score (nSPS) is 12.7. The van der Waals surface area contributed by atoms with Crippen LogP contribution in [0.15, 0.2) is 17.0 Å². The first-order valence-electron chi connectivity index (χ1n) is 5.67. The number of ether oxygens (including phenoxy) is 1. The Hall–Kier alpha value is -1.18. The average Bonchev–Trinajstić information content (AvgIpc) is 2.23. The molecule has 0 spiro atoms. The summed E-state index contributed by atoms with van der Waals surface area (Å²) in [6.45, 7) is 5.05. The number of halogens is 1. The molecule has 0 atom stereocenters. The Bertz CT molecular complexity index is 547. The molecule has 19 heavy (non-hydrogen) atoms. The van der Waals surface area contributed by atoms with Crippen molar-refractivity contribution in [1.29, 1.82) is 0 Å². The number of sulfonamides is 1. The van der Waals surface area contributed by atoms with Gasteiger partial charge in [0, 0.05) is 7.11 Å². The smallest absolute Gasteiger partial charge is 0.241 e. The Morgan fingerprint density at radius 3 is 2.47 bits per heavy atom. The molecule has 3 N–H and O–H groups in total. The standard InChI is InChI=1S/C12H19FN2O3S/c1-8-5-9(6-10(14)11(8)13)19(16,17)15-12(2,3)7-18-4/h5-6,15H,7,14H2,1-4H3. The van der Waals surface area contributed by atoms with Gasteiger partial charge in [0.1, 0.15) is 5.82 Å². The highest BCUT2D eigenvalue weighted by molar-refractivity contribution is 7.89. The van der Waals surface area contributed by atoms with E-state index in [0.717, 1.165) is 6.07 Å². The molecule has 0 aliphatic rings. The van der Waals surface area contributed by atoms with Crippen molar-refractivity contribution in [1.82, 2.24) is 4.72 Å². The predicted molar refractivity (Wildman–Crippen MR) is 71.8 cm³/mol. The van der Waals surface area contributed by atoms with Crippen molar-refractivity contribution < 1.29 is 17.5 Å². The maximum Gasteiger partial charge on any atom is 0.241 e. The Labute approximate surface area is 113 Å². The topological polar surface area (TPSA) is 81.4 Å². The SMILES string of the molecule is COCC(C)(C)NS(=O)(=O)c1cc(C)c(F)c(N)c1. The fourth-order valence-electron chi connectivity index (χ4n) is 1.73. The number of aryl methyl sites for hydroxylation is 1. The lowest BCUT2D eigenvalue weighted by Gasteiger charge is -2.25. The summed E-state index contributed by atoms with van der Waals surface area (Å²) in [7, 11) is -2.30. The molecule has 0 amide bonds. The first-order chi connectivity index (χ1) is 8.59. The lowest BCUT2D eigenvalue weighted by Crippen LogP contribution is -2.46. The maximum absolute atomic E-state index is 13.4. The summed E-state index contributed by atoms with van der Waals surface area (Å²) < 4.78 is 45.2. The zero-order chi connectivity index (χ0) is 14.8. The minimum atomic E-state index is -3.78. The third-order valence-electron chi connectivity index (χ3n) is 2.48. The van der Waals surface area contributed by atoms with E-state index in [1.165, 1.54) is 20.1 Å². The van der Waals surface area contributed by atoms with E-state index in [1.807, 2.05) is 0 Å². The molecule has 5 nitrogen and oxygen atoms in total. The van der Waals surface area contributed by atoms with Crippen LogP contribution in [0.5, 0.6) is 0 Å². The van der Waals surface area contributed by atoms with Crippen LogP contribution >= 0.6 is 0 Å². The van der Waals surface area contributed by atoms with E-state index in [0.29, 0.717) is 0 Å². The van der Waals surface area contributed by atoms with Gasteiger partial charge in [0.15, 0.2) is 0 Å². The molecule has 0 saturated carbocycles. The highest BCUT2D eigenvalue weighted by atomic mass is 32.2. The molecule has 0 bridgehead atoms. The van der Waals surface area contributed by atoms with E-state index in [4.69, 9.17) is 10.5 Å². The third-order valence-corrected chi connectivity index (χ3v) is 4.16. The van der Waals surface area contributed by atoms with Crippen LogP contribution in [-0.2, 0) is 14.8 Å².